The van der Waals surface area contributed by atoms with Crippen molar-refractivity contribution in [2.24, 2.45) is 0 Å². The summed E-state index contributed by atoms with van der Waals surface area (Å²) in [4.78, 5) is 21.6. The van der Waals surface area contributed by atoms with E-state index in [9.17, 15) is 20.0 Å². The summed E-state index contributed by atoms with van der Waals surface area (Å²) in [5, 5.41) is 20.4. The van der Waals surface area contributed by atoms with Gasteiger partial charge in [-0.1, -0.05) is 23.7 Å². The molecule has 7 heteroatoms. The summed E-state index contributed by atoms with van der Waals surface area (Å²) in [6, 6.07) is 8.56. The summed E-state index contributed by atoms with van der Waals surface area (Å²) in [6.07, 6.45) is 0. The predicted molar refractivity (Wildman–Crippen MR) is 76.5 cm³/mol. The molecular weight excluding hydrogens is 298 g/mol. The SMILES string of the molecule is COC(=O)c1ccc(-c2ccc(O)c([N+](=O)[O-])c2)cc1Cl. The Morgan fingerprint density at radius 1 is 1.24 bits per heavy atom. The maximum absolute atomic E-state index is 11.4. The Hall–Kier alpha value is -2.60. The van der Waals surface area contributed by atoms with Crippen molar-refractivity contribution >= 4 is 23.3 Å². The van der Waals surface area contributed by atoms with Crippen LogP contribution in [0.5, 0.6) is 5.75 Å². The third kappa shape index (κ3) is 2.95. The van der Waals surface area contributed by atoms with E-state index in [0.29, 0.717) is 11.1 Å². The zero-order chi connectivity index (χ0) is 15.6. The molecule has 0 aromatic heterocycles. The number of halogens is 1. The number of benzene rings is 2. The Bertz CT molecular complexity index is 729. The van der Waals surface area contributed by atoms with Crippen molar-refractivity contribution in [2.75, 3.05) is 7.11 Å². The molecule has 0 saturated carbocycles. The molecule has 0 amide bonds. The fourth-order valence-electron chi connectivity index (χ4n) is 1.82. The van der Waals surface area contributed by atoms with Crippen LogP contribution in [-0.4, -0.2) is 23.1 Å². The van der Waals surface area contributed by atoms with Gasteiger partial charge in [-0.05, 0) is 29.3 Å². The number of nitro benzene ring substituents is 1. The molecule has 0 heterocycles. The van der Waals surface area contributed by atoms with E-state index in [4.69, 9.17) is 11.6 Å². The minimum Gasteiger partial charge on any atom is -0.502 e. The van der Waals surface area contributed by atoms with E-state index in [2.05, 4.69) is 4.74 Å². The molecule has 0 bridgehead atoms. The molecule has 1 N–H and O–H groups in total. The molecule has 6 nitrogen and oxygen atoms in total. The van der Waals surface area contributed by atoms with Gasteiger partial charge in [-0.25, -0.2) is 4.79 Å². The van der Waals surface area contributed by atoms with Crippen LogP contribution < -0.4 is 0 Å². The number of aromatic hydroxyl groups is 1. The second-order valence-corrected chi connectivity index (χ2v) is 4.55. The van der Waals surface area contributed by atoms with Crippen LogP contribution in [0.25, 0.3) is 11.1 Å². The highest BCUT2D eigenvalue weighted by atomic mass is 35.5. The number of rotatable bonds is 3. The van der Waals surface area contributed by atoms with Crippen molar-refractivity contribution in [1.29, 1.82) is 0 Å². The van der Waals surface area contributed by atoms with Gasteiger partial charge in [0.25, 0.3) is 0 Å². The summed E-state index contributed by atoms with van der Waals surface area (Å²) in [7, 11) is 1.25. The number of hydrogen-bond acceptors (Lipinski definition) is 5. The third-order valence-corrected chi connectivity index (χ3v) is 3.19. The first kappa shape index (κ1) is 14.8. The normalized spacial score (nSPS) is 10.2. The number of esters is 1. The van der Waals surface area contributed by atoms with Crippen LogP contribution in [0.1, 0.15) is 10.4 Å². The molecule has 0 atom stereocenters. The van der Waals surface area contributed by atoms with Gasteiger partial charge in [-0.2, -0.15) is 0 Å². The van der Waals surface area contributed by atoms with Crippen molar-refractivity contribution in [2.45, 2.75) is 0 Å². The maximum atomic E-state index is 11.4. The molecule has 2 aromatic carbocycles. The van der Waals surface area contributed by atoms with E-state index in [1.807, 2.05) is 0 Å². The predicted octanol–water partition coefficient (Wildman–Crippen LogP) is 3.41. The largest absolute Gasteiger partial charge is 0.502 e. The lowest BCUT2D eigenvalue weighted by molar-refractivity contribution is -0.385. The monoisotopic (exact) mass is 307 g/mol. The summed E-state index contributed by atoms with van der Waals surface area (Å²) in [5.74, 6) is -0.982. The van der Waals surface area contributed by atoms with E-state index in [1.54, 1.807) is 6.07 Å². The molecule has 21 heavy (non-hydrogen) atoms. The van der Waals surface area contributed by atoms with E-state index >= 15 is 0 Å². The molecule has 2 rings (SSSR count). The Morgan fingerprint density at radius 3 is 2.43 bits per heavy atom. The van der Waals surface area contributed by atoms with Crippen LogP contribution in [0.15, 0.2) is 36.4 Å². The average Bonchev–Trinajstić information content (AvgIpc) is 2.46. The van der Waals surface area contributed by atoms with Crippen molar-refractivity contribution in [3.63, 3.8) is 0 Å². The molecule has 0 radical (unpaired) electrons. The number of nitro groups is 1. The zero-order valence-electron chi connectivity index (χ0n) is 10.9. The fraction of sp³-hybridized carbons (Fsp3) is 0.0714. The topological polar surface area (TPSA) is 89.7 Å². The number of carbonyl (C=O) groups is 1. The van der Waals surface area contributed by atoms with Gasteiger partial charge in [0.2, 0.25) is 0 Å². The second-order valence-electron chi connectivity index (χ2n) is 4.15. The average molecular weight is 308 g/mol. The number of methoxy groups -OCH3 is 1. The van der Waals surface area contributed by atoms with E-state index in [0.717, 1.165) is 0 Å². The number of hydrogen-bond donors (Lipinski definition) is 1. The smallest absolute Gasteiger partial charge is 0.339 e. The van der Waals surface area contributed by atoms with E-state index < -0.39 is 22.3 Å². The van der Waals surface area contributed by atoms with Gasteiger partial charge in [0, 0.05) is 6.07 Å². The number of ether oxygens (including phenoxy) is 1. The minimum absolute atomic E-state index is 0.176. The summed E-state index contributed by atoms with van der Waals surface area (Å²) in [5.41, 5.74) is 0.880. The van der Waals surface area contributed by atoms with Crippen LogP contribution in [0.4, 0.5) is 5.69 Å². The number of carbonyl (C=O) groups excluding carboxylic acids is 1. The molecule has 2 aromatic rings. The summed E-state index contributed by atoms with van der Waals surface area (Å²) < 4.78 is 4.58. The van der Waals surface area contributed by atoms with Crippen molar-refractivity contribution in [1.82, 2.24) is 0 Å². The van der Waals surface area contributed by atoms with Gasteiger partial charge in [0.1, 0.15) is 0 Å². The quantitative estimate of drug-likeness (QED) is 0.533. The molecule has 0 saturated heterocycles. The van der Waals surface area contributed by atoms with Crippen LogP contribution in [0, 0.1) is 10.1 Å². The zero-order valence-corrected chi connectivity index (χ0v) is 11.6. The van der Waals surface area contributed by atoms with E-state index in [-0.39, 0.29) is 10.6 Å². The van der Waals surface area contributed by atoms with Gasteiger partial charge in [-0.3, -0.25) is 10.1 Å². The van der Waals surface area contributed by atoms with Crippen LogP contribution in [-0.2, 0) is 4.74 Å². The standard InChI is InChI=1S/C14H10ClNO5/c1-21-14(18)10-4-2-8(6-11(10)15)9-3-5-13(17)12(7-9)16(19)20/h2-7,17H,1H3. The molecule has 0 unspecified atom stereocenters. The van der Waals surface area contributed by atoms with Gasteiger partial charge in [0.15, 0.2) is 5.75 Å². The lowest BCUT2D eigenvalue weighted by Crippen LogP contribution is -2.01. The van der Waals surface area contributed by atoms with Gasteiger partial charge in [0.05, 0.1) is 22.6 Å². The summed E-state index contributed by atoms with van der Waals surface area (Å²) >= 11 is 6.00. The highest BCUT2D eigenvalue weighted by Crippen LogP contribution is 2.33. The van der Waals surface area contributed by atoms with Crippen molar-refractivity contribution in [3.8, 4) is 16.9 Å². The maximum Gasteiger partial charge on any atom is 0.339 e. The Labute approximate surface area is 124 Å². The van der Waals surface area contributed by atoms with Crippen molar-refractivity contribution in [3.05, 3.63) is 57.1 Å². The molecular formula is C14H10ClNO5. The fourth-order valence-corrected chi connectivity index (χ4v) is 2.08. The molecule has 0 aliphatic carbocycles. The number of phenolic OH excluding ortho intramolecular Hbond substituents is 1. The van der Waals surface area contributed by atoms with Crippen LogP contribution >= 0.6 is 11.6 Å². The van der Waals surface area contributed by atoms with Crippen LogP contribution in [0.3, 0.4) is 0 Å². The highest BCUT2D eigenvalue weighted by Gasteiger charge is 2.16. The molecule has 0 fully saturated rings. The number of nitrogens with zero attached hydrogens (tertiary/aromatic N) is 1. The van der Waals surface area contributed by atoms with Gasteiger partial charge >= 0.3 is 11.7 Å². The second kappa shape index (κ2) is 5.80. The first-order valence-electron chi connectivity index (χ1n) is 5.79. The van der Waals surface area contributed by atoms with E-state index in [1.165, 1.54) is 37.4 Å². The summed E-state index contributed by atoms with van der Waals surface area (Å²) in [6.45, 7) is 0. The van der Waals surface area contributed by atoms with Gasteiger partial charge in [-0.15, -0.1) is 0 Å². The lowest BCUT2D eigenvalue weighted by Gasteiger charge is -2.06. The Morgan fingerprint density at radius 2 is 1.86 bits per heavy atom. The Balaban J connectivity index is 2.48. The van der Waals surface area contributed by atoms with Crippen molar-refractivity contribution < 1.29 is 19.6 Å². The molecule has 108 valence electrons. The highest BCUT2D eigenvalue weighted by molar-refractivity contribution is 6.33. The molecule has 0 spiro atoms. The number of phenols is 1. The first-order chi connectivity index (χ1) is 9.93. The Kier molecular flexibility index (Phi) is 4.09. The van der Waals surface area contributed by atoms with Gasteiger partial charge < -0.3 is 9.84 Å². The molecule has 0 aliphatic heterocycles. The molecule has 0 aliphatic rings. The first-order valence-corrected chi connectivity index (χ1v) is 6.17. The van der Waals surface area contributed by atoms with Crippen LogP contribution in [0.2, 0.25) is 5.02 Å². The minimum atomic E-state index is -0.677. The lowest BCUT2D eigenvalue weighted by atomic mass is 10.0. The third-order valence-electron chi connectivity index (χ3n) is 2.88.